The highest BCUT2D eigenvalue weighted by Crippen LogP contribution is 1.98. The number of nitrogens with one attached hydrogen (secondary N) is 1. The van der Waals surface area contributed by atoms with E-state index in [1.165, 1.54) is 6.33 Å². The Morgan fingerprint density at radius 3 is 3.00 bits per heavy atom. The number of hydrogen-bond donors (Lipinski definition) is 1. The highest BCUT2D eigenvalue weighted by Gasteiger charge is 1.92. The summed E-state index contributed by atoms with van der Waals surface area (Å²) >= 11 is 0. The van der Waals surface area contributed by atoms with Gasteiger partial charge < -0.3 is 9.88 Å². The van der Waals surface area contributed by atoms with Crippen LogP contribution in [-0.2, 0) is 6.54 Å². The first-order valence-corrected chi connectivity index (χ1v) is 4.91. The van der Waals surface area contributed by atoms with E-state index in [1.54, 1.807) is 12.4 Å². The van der Waals surface area contributed by atoms with Gasteiger partial charge in [0, 0.05) is 31.7 Å². The van der Waals surface area contributed by atoms with Gasteiger partial charge in [-0.05, 0) is 12.5 Å². The summed E-state index contributed by atoms with van der Waals surface area (Å²) in [6.45, 7) is 1.87. The summed E-state index contributed by atoms with van der Waals surface area (Å²) in [5.41, 5.74) is 0. The number of aryl methyl sites for hydroxylation is 1. The summed E-state index contributed by atoms with van der Waals surface area (Å²) in [5.74, 6) is 0.871. The molecule has 0 aromatic carbocycles. The van der Waals surface area contributed by atoms with Crippen LogP contribution in [0.15, 0.2) is 37.3 Å². The molecule has 0 fully saturated rings. The average molecular weight is 203 g/mol. The van der Waals surface area contributed by atoms with E-state index < -0.39 is 0 Å². The van der Waals surface area contributed by atoms with Crippen molar-refractivity contribution >= 4 is 5.82 Å². The quantitative estimate of drug-likeness (QED) is 0.741. The molecular formula is C10H13N5. The third-order valence-electron chi connectivity index (χ3n) is 2.04. The molecule has 2 aromatic rings. The van der Waals surface area contributed by atoms with Crippen molar-refractivity contribution in [2.45, 2.75) is 13.0 Å². The van der Waals surface area contributed by atoms with Crippen molar-refractivity contribution in [1.29, 1.82) is 0 Å². The Morgan fingerprint density at radius 2 is 2.27 bits per heavy atom. The third kappa shape index (κ3) is 3.05. The van der Waals surface area contributed by atoms with Crippen molar-refractivity contribution in [3.8, 4) is 0 Å². The molecule has 0 aliphatic rings. The molecule has 0 aliphatic heterocycles. The lowest BCUT2D eigenvalue weighted by atomic mass is 10.4. The molecule has 15 heavy (non-hydrogen) atoms. The summed E-state index contributed by atoms with van der Waals surface area (Å²) in [4.78, 5) is 11.9. The fraction of sp³-hybridized carbons (Fsp3) is 0.300. The van der Waals surface area contributed by atoms with E-state index >= 15 is 0 Å². The second-order valence-electron chi connectivity index (χ2n) is 3.18. The maximum atomic E-state index is 4.07. The summed E-state index contributed by atoms with van der Waals surface area (Å²) in [7, 11) is 0. The second-order valence-corrected chi connectivity index (χ2v) is 3.18. The van der Waals surface area contributed by atoms with Crippen molar-refractivity contribution in [2.75, 3.05) is 11.9 Å². The van der Waals surface area contributed by atoms with Gasteiger partial charge in [-0.2, -0.15) is 0 Å². The summed E-state index contributed by atoms with van der Waals surface area (Å²) in [5, 5.41) is 3.22. The number of nitrogens with zero attached hydrogens (tertiary/aromatic N) is 4. The number of anilines is 1. The molecule has 5 heteroatoms. The first-order valence-electron chi connectivity index (χ1n) is 4.91. The Labute approximate surface area is 88.2 Å². The summed E-state index contributed by atoms with van der Waals surface area (Å²) in [6.07, 6.45) is 9.89. The molecule has 0 aliphatic carbocycles. The zero-order chi connectivity index (χ0) is 10.3. The number of hydrogen-bond acceptors (Lipinski definition) is 4. The molecule has 78 valence electrons. The molecule has 2 rings (SSSR count). The van der Waals surface area contributed by atoms with Gasteiger partial charge in [0.05, 0.1) is 6.33 Å². The van der Waals surface area contributed by atoms with E-state index in [0.717, 1.165) is 25.3 Å². The van der Waals surface area contributed by atoms with Gasteiger partial charge in [0.25, 0.3) is 0 Å². The van der Waals surface area contributed by atoms with E-state index in [-0.39, 0.29) is 0 Å². The molecule has 0 saturated heterocycles. The Balaban J connectivity index is 1.68. The molecule has 2 heterocycles. The molecular weight excluding hydrogens is 190 g/mol. The molecule has 0 saturated carbocycles. The van der Waals surface area contributed by atoms with E-state index in [4.69, 9.17) is 0 Å². The predicted octanol–water partition coefficient (Wildman–Crippen LogP) is 1.18. The maximum absolute atomic E-state index is 4.07. The highest BCUT2D eigenvalue weighted by atomic mass is 15.0. The van der Waals surface area contributed by atoms with Crippen LogP contribution >= 0.6 is 0 Å². The van der Waals surface area contributed by atoms with Gasteiger partial charge in [-0.25, -0.2) is 15.0 Å². The Bertz CT molecular complexity index is 370. The van der Waals surface area contributed by atoms with Gasteiger partial charge in [0.1, 0.15) is 12.1 Å². The highest BCUT2D eigenvalue weighted by molar-refractivity contribution is 5.30. The number of imidazole rings is 1. The number of rotatable bonds is 5. The van der Waals surface area contributed by atoms with Crippen LogP contribution in [0.4, 0.5) is 5.82 Å². The Kier molecular flexibility index (Phi) is 3.27. The van der Waals surface area contributed by atoms with E-state index in [0.29, 0.717) is 0 Å². The number of aromatic nitrogens is 4. The van der Waals surface area contributed by atoms with Crippen LogP contribution in [0.2, 0.25) is 0 Å². The minimum Gasteiger partial charge on any atom is -0.370 e. The minimum atomic E-state index is 0.871. The molecule has 0 unspecified atom stereocenters. The average Bonchev–Trinajstić information content (AvgIpc) is 2.79. The fourth-order valence-electron chi connectivity index (χ4n) is 1.29. The van der Waals surface area contributed by atoms with Crippen LogP contribution in [0, 0.1) is 0 Å². The smallest absolute Gasteiger partial charge is 0.129 e. The molecule has 0 amide bonds. The van der Waals surface area contributed by atoms with Crippen LogP contribution in [0.25, 0.3) is 0 Å². The normalized spacial score (nSPS) is 10.1. The van der Waals surface area contributed by atoms with Gasteiger partial charge in [-0.1, -0.05) is 0 Å². The van der Waals surface area contributed by atoms with E-state index in [1.807, 2.05) is 18.6 Å². The van der Waals surface area contributed by atoms with E-state index in [9.17, 15) is 0 Å². The van der Waals surface area contributed by atoms with E-state index in [2.05, 4.69) is 24.8 Å². The van der Waals surface area contributed by atoms with Crippen molar-refractivity contribution in [1.82, 2.24) is 19.5 Å². The molecule has 0 radical (unpaired) electrons. The van der Waals surface area contributed by atoms with Gasteiger partial charge in [-0.3, -0.25) is 0 Å². The monoisotopic (exact) mass is 203 g/mol. The first-order chi connectivity index (χ1) is 7.45. The first kappa shape index (κ1) is 9.64. The third-order valence-corrected chi connectivity index (χ3v) is 2.04. The predicted molar refractivity (Wildman–Crippen MR) is 57.4 cm³/mol. The SMILES string of the molecule is c1cc(NCCCn2ccnc2)ncn1. The standard InChI is InChI=1S/C10H13N5/c1(6-15-7-5-12-9-15)3-13-10-2-4-11-8-14-10/h2,4-5,7-9H,1,3,6H2,(H,11,13,14). The van der Waals surface area contributed by atoms with Crippen molar-refractivity contribution in [2.24, 2.45) is 0 Å². The molecule has 0 atom stereocenters. The molecule has 0 bridgehead atoms. The van der Waals surface area contributed by atoms with Crippen LogP contribution in [0.1, 0.15) is 6.42 Å². The molecule has 0 spiro atoms. The zero-order valence-corrected chi connectivity index (χ0v) is 8.37. The Hall–Kier alpha value is -1.91. The maximum Gasteiger partial charge on any atom is 0.129 e. The van der Waals surface area contributed by atoms with Crippen LogP contribution in [0.5, 0.6) is 0 Å². The molecule has 2 aromatic heterocycles. The lowest BCUT2D eigenvalue weighted by Crippen LogP contribution is -2.06. The second kappa shape index (κ2) is 5.09. The van der Waals surface area contributed by atoms with Crippen LogP contribution < -0.4 is 5.32 Å². The zero-order valence-electron chi connectivity index (χ0n) is 8.37. The van der Waals surface area contributed by atoms with Gasteiger partial charge >= 0.3 is 0 Å². The minimum absolute atomic E-state index is 0.871. The van der Waals surface area contributed by atoms with Crippen molar-refractivity contribution in [3.05, 3.63) is 37.3 Å². The topological polar surface area (TPSA) is 55.6 Å². The van der Waals surface area contributed by atoms with Crippen molar-refractivity contribution in [3.63, 3.8) is 0 Å². The fourth-order valence-corrected chi connectivity index (χ4v) is 1.29. The van der Waals surface area contributed by atoms with Gasteiger partial charge in [0.15, 0.2) is 0 Å². The lowest BCUT2D eigenvalue weighted by molar-refractivity contribution is 0.660. The van der Waals surface area contributed by atoms with Crippen molar-refractivity contribution < 1.29 is 0 Å². The molecule has 1 N–H and O–H groups in total. The molecule has 5 nitrogen and oxygen atoms in total. The Morgan fingerprint density at radius 1 is 1.27 bits per heavy atom. The largest absolute Gasteiger partial charge is 0.370 e. The van der Waals surface area contributed by atoms with Crippen LogP contribution in [-0.4, -0.2) is 26.1 Å². The summed E-state index contributed by atoms with van der Waals surface area (Å²) in [6, 6.07) is 1.86. The van der Waals surface area contributed by atoms with Gasteiger partial charge in [0.2, 0.25) is 0 Å². The van der Waals surface area contributed by atoms with Crippen LogP contribution in [0.3, 0.4) is 0 Å². The lowest BCUT2D eigenvalue weighted by Gasteiger charge is -2.04. The van der Waals surface area contributed by atoms with Gasteiger partial charge in [-0.15, -0.1) is 0 Å². The summed E-state index contributed by atoms with van der Waals surface area (Å²) < 4.78 is 2.06.